The molecule has 0 spiro atoms. The first-order valence-corrected chi connectivity index (χ1v) is 7.62. The summed E-state index contributed by atoms with van der Waals surface area (Å²) in [5.41, 5.74) is 1.98. The largest absolute Gasteiger partial charge is 0.478 e. The summed E-state index contributed by atoms with van der Waals surface area (Å²) < 4.78 is 17.3. The Labute approximate surface area is 115 Å². The molecule has 4 nitrogen and oxygen atoms in total. The zero-order chi connectivity index (χ0) is 14.0. The van der Waals surface area contributed by atoms with Gasteiger partial charge in [-0.1, -0.05) is 6.07 Å². The highest BCUT2D eigenvalue weighted by atomic mass is 32.2. The van der Waals surface area contributed by atoms with Crippen LogP contribution in [0.15, 0.2) is 17.0 Å². The first kappa shape index (κ1) is 14.2. The second kappa shape index (κ2) is 5.84. The Kier molecular flexibility index (Phi) is 4.37. The molecule has 1 saturated carbocycles. The summed E-state index contributed by atoms with van der Waals surface area (Å²) in [6, 6.07) is 3.37. The molecule has 0 amide bonds. The standard InChI is InChI=1S/C14H18O4S/c1-9-3-6-11(14(15)16)12(10-4-5-10)13(9)19(17)8-7-18-2/h3,6,10H,4-5,7-8H2,1-2H3,(H,15,16)/t19-/m0/s1. The lowest BCUT2D eigenvalue weighted by atomic mass is 10.0. The van der Waals surface area contributed by atoms with Crippen LogP contribution in [0.2, 0.25) is 0 Å². The van der Waals surface area contributed by atoms with E-state index in [2.05, 4.69) is 0 Å². The summed E-state index contributed by atoms with van der Waals surface area (Å²) in [6.45, 7) is 2.30. The van der Waals surface area contributed by atoms with E-state index in [9.17, 15) is 14.1 Å². The predicted octanol–water partition coefficient (Wildman–Crippen LogP) is 2.32. The fourth-order valence-electron chi connectivity index (χ4n) is 2.24. The third-order valence-corrected chi connectivity index (χ3v) is 4.84. The topological polar surface area (TPSA) is 63.6 Å². The van der Waals surface area contributed by atoms with E-state index >= 15 is 0 Å². The molecule has 2 rings (SSSR count). The van der Waals surface area contributed by atoms with Crippen molar-refractivity contribution in [3.63, 3.8) is 0 Å². The van der Waals surface area contributed by atoms with Crippen molar-refractivity contribution in [1.82, 2.24) is 0 Å². The molecule has 0 bridgehead atoms. The van der Waals surface area contributed by atoms with Gasteiger partial charge in [0.25, 0.3) is 0 Å². The van der Waals surface area contributed by atoms with Crippen LogP contribution in [0.5, 0.6) is 0 Å². The van der Waals surface area contributed by atoms with Crippen LogP contribution in [0.3, 0.4) is 0 Å². The molecule has 5 heteroatoms. The zero-order valence-electron chi connectivity index (χ0n) is 11.1. The highest BCUT2D eigenvalue weighted by Crippen LogP contribution is 2.45. The van der Waals surface area contributed by atoms with E-state index in [0.717, 1.165) is 24.0 Å². The lowest BCUT2D eigenvalue weighted by molar-refractivity contribution is 0.0695. The lowest BCUT2D eigenvalue weighted by Gasteiger charge is -2.14. The Bertz CT molecular complexity index is 520. The number of hydrogen-bond donors (Lipinski definition) is 1. The number of methoxy groups -OCH3 is 1. The minimum atomic E-state index is -1.20. The van der Waals surface area contributed by atoms with Crippen molar-refractivity contribution in [2.75, 3.05) is 19.5 Å². The monoisotopic (exact) mass is 282 g/mol. The van der Waals surface area contributed by atoms with Gasteiger partial charge in [-0.3, -0.25) is 4.21 Å². The highest BCUT2D eigenvalue weighted by Gasteiger charge is 2.32. The smallest absolute Gasteiger partial charge is 0.336 e. The third kappa shape index (κ3) is 3.04. The summed E-state index contributed by atoms with van der Waals surface area (Å²) in [5, 5.41) is 9.29. The van der Waals surface area contributed by atoms with E-state index in [1.807, 2.05) is 6.92 Å². The molecule has 1 atom stereocenters. The minimum Gasteiger partial charge on any atom is -0.478 e. The first-order valence-electron chi connectivity index (χ1n) is 6.30. The van der Waals surface area contributed by atoms with Crippen molar-refractivity contribution < 1.29 is 18.8 Å². The predicted molar refractivity (Wildman–Crippen MR) is 73.3 cm³/mol. The van der Waals surface area contributed by atoms with E-state index in [0.29, 0.717) is 22.8 Å². The summed E-state index contributed by atoms with van der Waals surface area (Å²) in [5.74, 6) is -0.278. The van der Waals surface area contributed by atoms with Gasteiger partial charge in [-0.15, -0.1) is 0 Å². The molecule has 104 valence electrons. The van der Waals surface area contributed by atoms with Crippen molar-refractivity contribution in [3.05, 3.63) is 28.8 Å². The van der Waals surface area contributed by atoms with Crippen LogP contribution in [0.1, 0.15) is 40.2 Å². The molecule has 0 radical (unpaired) electrons. The quantitative estimate of drug-likeness (QED) is 0.869. The van der Waals surface area contributed by atoms with Crippen molar-refractivity contribution >= 4 is 16.8 Å². The van der Waals surface area contributed by atoms with Gasteiger partial charge < -0.3 is 9.84 Å². The van der Waals surface area contributed by atoms with Gasteiger partial charge in [0.2, 0.25) is 0 Å². The summed E-state index contributed by atoms with van der Waals surface area (Å²) in [6.07, 6.45) is 1.97. The SMILES string of the molecule is COCC[S@](=O)c1c(C)ccc(C(=O)O)c1C1CC1. The van der Waals surface area contributed by atoms with E-state index in [4.69, 9.17) is 4.74 Å². The number of hydrogen-bond acceptors (Lipinski definition) is 3. The summed E-state index contributed by atoms with van der Waals surface area (Å²) >= 11 is 0. The Hall–Kier alpha value is -1.20. The zero-order valence-corrected chi connectivity index (χ0v) is 12.0. The molecule has 1 aliphatic carbocycles. The molecule has 1 aliphatic rings. The van der Waals surface area contributed by atoms with Gasteiger partial charge in [0.1, 0.15) is 0 Å². The molecule has 0 aliphatic heterocycles. The molecular weight excluding hydrogens is 264 g/mol. The number of carboxylic acids is 1. The van der Waals surface area contributed by atoms with Crippen LogP contribution in [-0.4, -0.2) is 34.8 Å². The van der Waals surface area contributed by atoms with Crippen LogP contribution in [-0.2, 0) is 15.5 Å². The maximum absolute atomic E-state index is 12.4. The maximum Gasteiger partial charge on any atom is 0.336 e. The van der Waals surface area contributed by atoms with Crippen LogP contribution in [0.25, 0.3) is 0 Å². The van der Waals surface area contributed by atoms with Crippen molar-refractivity contribution in [3.8, 4) is 0 Å². The number of aromatic carboxylic acids is 1. The average Bonchev–Trinajstić information content (AvgIpc) is 3.19. The number of benzene rings is 1. The van der Waals surface area contributed by atoms with Gasteiger partial charge in [0.05, 0.1) is 28.7 Å². The molecule has 1 aromatic carbocycles. The fourth-order valence-corrected chi connectivity index (χ4v) is 3.71. The minimum absolute atomic E-state index is 0.257. The summed E-state index contributed by atoms with van der Waals surface area (Å²) in [7, 11) is 0.367. The second-order valence-electron chi connectivity index (χ2n) is 4.79. The molecule has 0 heterocycles. The van der Waals surface area contributed by atoms with Crippen LogP contribution < -0.4 is 0 Å². The molecule has 0 saturated heterocycles. The van der Waals surface area contributed by atoms with Crippen molar-refractivity contribution in [1.29, 1.82) is 0 Å². The molecule has 1 N–H and O–H groups in total. The Morgan fingerprint density at radius 2 is 2.16 bits per heavy atom. The fraction of sp³-hybridized carbons (Fsp3) is 0.500. The van der Waals surface area contributed by atoms with Gasteiger partial charge >= 0.3 is 5.97 Å². The summed E-state index contributed by atoms with van der Waals surface area (Å²) in [4.78, 5) is 12.0. The molecule has 0 aromatic heterocycles. The number of aryl methyl sites for hydroxylation is 1. The molecule has 1 fully saturated rings. The maximum atomic E-state index is 12.4. The van der Waals surface area contributed by atoms with Crippen LogP contribution >= 0.6 is 0 Å². The van der Waals surface area contributed by atoms with Gasteiger partial charge in [-0.25, -0.2) is 4.79 Å². The second-order valence-corrected chi connectivity index (χ2v) is 6.30. The van der Waals surface area contributed by atoms with Crippen LogP contribution in [0, 0.1) is 6.92 Å². The van der Waals surface area contributed by atoms with Crippen molar-refractivity contribution in [2.24, 2.45) is 0 Å². The Balaban J connectivity index is 2.47. The van der Waals surface area contributed by atoms with Gasteiger partial charge in [0.15, 0.2) is 0 Å². The lowest BCUT2D eigenvalue weighted by Crippen LogP contribution is -2.12. The molecule has 19 heavy (non-hydrogen) atoms. The number of ether oxygens (including phenoxy) is 1. The first-order chi connectivity index (χ1) is 9.06. The molecule has 1 aromatic rings. The Morgan fingerprint density at radius 1 is 1.47 bits per heavy atom. The van der Waals surface area contributed by atoms with Gasteiger partial charge in [-0.05, 0) is 42.9 Å². The van der Waals surface area contributed by atoms with Crippen LogP contribution in [0.4, 0.5) is 0 Å². The van der Waals surface area contributed by atoms with Gasteiger partial charge in [-0.2, -0.15) is 0 Å². The third-order valence-electron chi connectivity index (χ3n) is 3.31. The molecule has 0 unspecified atom stereocenters. The van der Waals surface area contributed by atoms with Gasteiger partial charge in [0, 0.05) is 12.0 Å². The van der Waals surface area contributed by atoms with E-state index in [1.54, 1.807) is 19.2 Å². The van der Waals surface area contributed by atoms with Crippen molar-refractivity contribution in [2.45, 2.75) is 30.6 Å². The Morgan fingerprint density at radius 3 is 2.68 bits per heavy atom. The van der Waals surface area contributed by atoms with E-state index in [-0.39, 0.29) is 5.92 Å². The average molecular weight is 282 g/mol. The van der Waals surface area contributed by atoms with E-state index < -0.39 is 16.8 Å². The number of carbonyl (C=O) groups is 1. The van der Waals surface area contributed by atoms with E-state index in [1.165, 1.54) is 0 Å². The normalized spacial score (nSPS) is 16.3. The molecular formula is C14H18O4S. The highest BCUT2D eigenvalue weighted by molar-refractivity contribution is 7.85. The number of carboxylic acid groups (broad SMARTS) is 1. The number of rotatable bonds is 6.